The molecule has 128 valence electrons. The Balaban J connectivity index is 1.59. The maximum atomic E-state index is 11.6. The summed E-state index contributed by atoms with van der Waals surface area (Å²) in [5.74, 6) is -0.458. The van der Waals surface area contributed by atoms with Crippen LogP contribution >= 0.6 is 0 Å². The molecule has 6 nitrogen and oxygen atoms in total. The number of hydrazone groups is 2. The van der Waals surface area contributed by atoms with Crippen LogP contribution in [0.1, 0.15) is 30.4 Å². The van der Waals surface area contributed by atoms with E-state index < -0.39 is 0 Å². The van der Waals surface area contributed by atoms with Gasteiger partial charge in [0.1, 0.15) is 0 Å². The van der Waals surface area contributed by atoms with E-state index in [2.05, 4.69) is 21.1 Å². The summed E-state index contributed by atoms with van der Waals surface area (Å²) < 4.78 is 0. The zero-order valence-corrected chi connectivity index (χ0v) is 13.8. The maximum Gasteiger partial charge on any atom is 0.240 e. The normalized spacial score (nSPS) is 10.9. The van der Waals surface area contributed by atoms with Crippen LogP contribution in [0.2, 0.25) is 0 Å². The van der Waals surface area contributed by atoms with Crippen LogP contribution in [0.15, 0.2) is 70.9 Å². The second-order valence-electron chi connectivity index (χ2n) is 5.26. The third kappa shape index (κ3) is 7.69. The summed E-state index contributed by atoms with van der Waals surface area (Å²) in [6.07, 6.45) is 4.02. The molecule has 0 atom stereocenters. The van der Waals surface area contributed by atoms with Crippen molar-refractivity contribution in [2.24, 2.45) is 10.2 Å². The first-order valence-corrected chi connectivity index (χ1v) is 7.98. The van der Waals surface area contributed by atoms with Gasteiger partial charge in [0.25, 0.3) is 0 Å². The molecule has 2 aromatic rings. The minimum atomic E-state index is -0.229. The minimum Gasteiger partial charge on any atom is -0.273 e. The van der Waals surface area contributed by atoms with Crippen molar-refractivity contribution >= 4 is 24.2 Å². The van der Waals surface area contributed by atoms with Crippen LogP contribution < -0.4 is 10.9 Å². The van der Waals surface area contributed by atoms with Crippen molar-refractivity contribution in [2.75, 3.05) is 0 Å². The number of benzene rings is 2. The Bertz CT molecular complexity index is 664. The van der Waals surface area contributed by atoms with Gasteiger partial charge in [-0.05, 0) is 17.5 Å². The third-order valence-corrected chi connectivity index (χ3v) is 3.21. The van der Waals surface area contributed by atoms with Crippen LogP contribution in [-0.4, -0.2) is 24.2 Å². The largest absolute Gasteiger partial charge is 0.273 e. The number of carbonyl (C=O) groups is 2. The predicted molar refractivity (Wildman–Crippen MR) is 98.2 cm³/mol. The summed E-state index contributed by atoms with van der Waals surface area (Å²) in [6, 6.07) is 18.9. The van der Waals surface area contributed by atoms with Gasteiger partial charge in [0.2, 0.25) is 11.8 Å². The van der Waals surface area contributed by atoms with Crippen molar-refractivity contribution in [1.82, 2.24) is 10.9 Å². The van der Waals surface area contributed by atoms with Crippen molar-refractivity contribution in [3.63, 3.8) is 0 Å². The van der Waals surface area contributed by atoms with E-state index in [1.54, 1.807) is 12.4 Å². The summed E-state index contributed by atoms with van der Waals surface area (Å²) in [4.78, 5) is 23.3. The zero-order valence-electron chi connectivity index (χ0n) is 13.8. The van der Waals surface area contributed by atoms with Gasteiger partial charge in [-0.2, -0.15) is 10.2 Å². The molecule has 0 unspecified atom stereocenters. The molecular formula is C19H20N4O2. The summed E-state index contributed by atoms with van der Waals surface area (Å²) in [6.45, 7) is 0. The van der Waals surface area contributed by atoms with Crippen LogP contribution in [0.4, 0.5) is 0 Å². The number of rotatable bonds is 8. The van der Waals surface area contributed by atoms with Gasteiger partial charge in [-0.3, -0.25) is 9.59 Å². The molecule has 0 aliphatic rings. The third-order valence-electron chi connectivity index (χ3n) is 3.21. The highest BCUT2D eigenvalue weighted by Gasteiger charge is 2.03. The molecule has 0 saturated heterocycles. The SMILES string of the molecule is O=C(CCCC(=O)N/N=C\c1ccccc1)N/N=C\c1ccccc1. The molecule has 0 bridgehead atoms. The molecule has 0 saturated carbocycles. The van der Waals surface area contributed by atoms with Crippen LogP contribution in [0.25, 0.3) is 0 Å². The fourth-order valence-electron chi connectivity index (χ4n) is 1.96. The molecule has 0 aromatic heterocycles. The molecule has 0 heterocycles. The van der Waals surface area contributed by atoms with E-state index in [9.17, 15) is 9.59 Å². The molecule has 0 spiro atoms. The van der Waals surface area contributed by atoms with Gasteiger partial charge in [0.05, 0.1) is 12.4 Å². The number of amides is 2. The standard InChI is InChI=1S/C19H20N4O2/c24-18(22-20-14-16-8-3-1-4-9-16)12-7-13-19(25)23-21-15-17-10-5-2-6-11-17/h1-6,8-11,14-15H,7,12-13H2,(H,22,24)(H,23,25)/b20-14-,21-15-. The Labute approximate surface area is 146 Å². The summed E-state index contributed by atoms with van der Waals surface area (Å²) in [5, 5.41) is 7.75. The summed E-state index contributed by atoms with van der Waals surface area (Å²) >= 11 is 0. The van der Waals surface area contributed by atoms with Gasteiger partial charge < -0.3 is 0 Å². The Morgan fingerprint density at radius 2 is 1.12 bits per heavy atom. The molecule has 2 amide bonds. The molecule has 0 aliphatic carbocycles. The van der Waals surface area contributed by atoms with Crippen molar-refractivity contribution in [3.8, 4) is 0 Å². The molecule has 2 rings (SSSR count). The highest BCUT2D eigenvalue weighted by molar-refractivity contribution is 5.83. The molecule has 6 heteroatoms. The first-order valence-electron chi connectivity index (χ1n) is 7.98. The Kier molecular flexibility index (Phi) is 7.58. The molecule has 0 aliphatic heterocycles. The number of hydrogen-bond donors (Lipinski definition) is 2. The van der Waals surface area contributed by atoms with E-state index in [1.807, 2.05) is 60.7 Å². The smallest absolute Gasteiger partial charge is 0.240 e. The quantitative estimate of drug-likeness (QED) is 0.573. The minimum absolute atomic E-state index is 0.224. The van der Waals surface area contributed by atoms with Crippen molar-refractivity contribution in [3.05, 3.63) is 71.8 Å². The molecule has 0 fully saturated rings. The summed E-state index contributed by atoms with van der Waals surface area (Å²) in [7, 11) is 0. The van der Waals surface area contributed by atoms with Gasteiger partial charge in [-0.15, -0.1) is 0 Å². The number of nitrogens with zero attached hydrogens (tertiary/aromatic N) is 2. The summed E-state index contributed by atoms with van der Waals surface area (Å²) in [5.41, 5.74) is 6.68. The second-order valence-corrected chi connectivity index (χ2v) is 5.26. The molecule has 25 heavy (non-hydrogen) atoms. The van der Waals surface area contributed by atoms with Crippen molar-refractivity contribution in [2.45, 2.75) is 19.3 Å². The Morgan fingerprint density at radius 1 is 0.720 bits per heavy atom. The predicted octanol–water partition coefficient (Wildman–Crippen LogP) is 2.46. The lowest BCUT2D eigenvalue weighted by Crippen LogP contribution is -2.20. The number of hydrogen-bond acceptors (Lipinski definition) is 4. The second kappa shape index (κ2) is 10.5. The average Bonchev–Trinajstić information content (AvgIpc) is 2.63. The first-order chi connectivity index (χ1) is 12.2. The van der Waals surface area contributed by atoms with Crippen LogP contribution in [0.3, 0.4) is 0 Å². The molecule has 2 N–H and O–H groups in total. The van der Waals surface area contributed by atoms with E-state index in [4.69, 9.17) is 0 Å². The lowest BCUT2D eigenvalue weighted by Gasteiger charge is -2.00. The fourth-order valence-corrected chi connectivity index (χ4v) is 1.96. The Morgan fingerprint density at radius 3 is 1.52 bits per heavy atom. The van der Waals surface area contributed by atoms with Crippen molar-refractivity contribution < 1.29 is 9.59 Å². The highest BCUT2D eigenvalue weighted by atomic mass is 16.2. The Hall–Kier alpha value is -3.28. The zero-order chi connectivity index (χ0) is 17.7. The van der Waals surface area contributed by atoms with Crippen molar-refractivity contribution in [1.29, 1.82) is 0 Å². The van der Waals surface area contributed by atoms with Gasteiger partial charge in [0, 0.05) is 12.8 Å². The fraction of sp³-hybridized carbons (Fsp3) is 0.158. The lowest BCUT2D eigenvalue weighted by molar-refractivity contribution is -0.122. The molecule has 0 radical (unpaired) electrons. The van der Waals surface area contributed by atoms with Crippen LogP contribution in [0.5, 0.6) is 0 Å². The van der Waals surface area contributed by atoms with Gasteiger partial charge in [-0.1, -0.05) is 60.7 Å². The van der Waals surface area contributed by atoms with E-state index >= 15 is 0 Å². The number of carbonyl (C=O) groups excluding carboxylic acids is 2. The van der Waals surface area contributed by atoms with Crippen LogP contribution in [-0.2, 0) is 9.59 Å². The lowest BCUT2D eigenvalue weighted by atomic mass is 10.2. The highest BCUT2D eigenvalue weighted by Crippen LogP contribution is 1.97. The van der Waals surface area contributed by atoms with Gasteiger partial charge >= 0.3 is 0 Å². The molecular weight excluding hydrogens is 316 g/mol. The van der Waals surface area contributed by atoms with E-state index in [0.717, 1.165) is 11.1 Å². The molecule has 2 aromatic carbocycles. The van der Waals surface area contributed by atoms with E-state index in [0.29, 0.717) is 6.42 Å². The average molecular weight is 336 g/mol. The van der Waals surface area contributed by atoms with E-state index in [-0.39, 0.29) is 24.7 Å². The van der Waals surface area contributed by atoms with Gasteiger partial charge in [-0.25, -0.2) is 10.9 Å². The number of nitrogens with one attached hydrogen (secondary N) is 2. The monoisotopic (exact) mass is 336 g/mol. The van der Waals surface area contributed by atoms with E-state index in [1.165, 1.54) is 0 Å². The van der Waals surface area contributed by atoms with Gasteiger partial charge in [0.15, 0.2) is 0 Å². The van der Waals surface area contributed by atoms with Crippen LogP contribution in [0, 0.1) is 0 Å². The first kappa shape index (κ1) is 18.1. The maximum absolute atomic E-state index is 11.6. The topological polar surface area (TPSA) is 82.9 Å².